The van der Waals surface area contributed by atoms with Crippen LogP contribution in [0, 0.1) is 6.92 Å². The second-order valence-corrected chi connectivity index (χ2v) is 8.75. The van der Waals surface area contributed by atoms with Gasteiger partial charge in [0, 0.05) is 56.9 Å². The molecule has 0 aliphatic carbocycles. The molecule has 3 heterocycles. The number of hydrogen-bond acceptors (Lipinski definition) is 5. The second-order valence-electron chi connectivity index (χ2n) is 6.88. The van der Waals surface area contributed by atoms with Crippen LogP contribution in [0.15, 0.2) is 35.4 Å². The van der Waals surface area contributed by atoms with E-state index in [2.05, 4.69) is 15.2 Å². The van der Waals surface area contributed by atoms with Crippen molar-refractivity contribution in [3.63, 3.8) is 0 Å². The lowest BCUT2D eigenvalue weighted by molar-refractivity contribution is 0.179. The van der Waals surface area contributed by atoms with Gasteiger partial charge in [0.05, 0.1) is 5.52 Å². The first-order chi connectivity index (χ1) is 12.1. The Labute approximate surface area is 161 Å². The number of sulfonamides is 1. The van der Waals surface area contributed by atoms with Crippen molar-refractivity contribution in [2.75, 3.05) is 39.3 Å². The van der Waals surface area contributed by atoms with Crippen molar-refractivity contribution in [1.29, 1.82) is 0 Å². The number of hydrogen-bond donors (Lipinski definition) is 1. The van der Waals surface area contributed by atoms with Crippen molar-refractivity contribution in [2.45, 2.75) is 24.3 Å². The van der Waals surface area contributed by atoms with Gasteiger partial charge in [0.2, 0.25) is 10.0 Å². The molecule has 1 atom stereocenters. The minimum absolute atomic E-state index is 0. The molecule has 2 saturated heterocycles. The SMILES string of the molecule is Cc1ccc2cccnc2c1S(=O)(=O)N1CCC(N2CCNCC2)C1.Cl. The molecular formula is C18H25ClN4O2S. The van der Waals surface area contributed by atoms with Crippen LogP contribution in [0.1, 0.15) is 12.0 Å². The second kappa shape index (κ2) is 7.78. The van der Waals surface area contributed by atoms with Crippen molar-refractivity contribution < 1.29 is 8.42 Å². The van der Waals surface area contributed by atoms with Gasteiger partial charge in [-0.1, -0.05) is 18.2 Å². The molecule has 0 bridgehead atoms. The zero-order valence-electron chi connectivity index (χ0n) is 14.9. The standard InChI is InChI=1S/C18H24N4O2S.ClH/c1-14-4-5-15-3-2-7-20-17(15)18(14)25(23,24)22-10-6-16(13-22)21-11-8-19-9-12-21;/h2-5,7,16,19H,6,8-13H2,1H3;1H. The van der Waals surface area contributed by atoms with E-state index in [-0.39, 0.29) is 12.4 Å². The number of halogens is 1. The molecule has 1 aromatic heterocycles. The maximum Gasteiger partial charge on any atom is 0.245 e. The monoisotopic (exact) mass is 396 g/mol. The average molecular weight is 397 g/mol. The number of rotatable bonds is 3. The minimum atomic E-state index is -3.54. The first-order valence-electron chi connectivity index (χ1n) is 8.86. The van der Waals surface area contributed by atoms with Crippen molar-refractivity contribution in [1.82, 2.24) is 19.5 Å². The van der Waals surface area contributed by atoms with E-state index in [9.17, 15) is 8.42 Å². The summed E-state index contributed by atoms with van der Waals surface area (Å²) < 4.78 is 28.4. The Bertz CT molecular complexity index is 884. The van der Waals surface area contributed by atoms with E-state index in [1.165, 1.54) is 0 Å². The summed E-state index contributed by atoms with van der Waals surface area (Å²) in [5, 5.41) is 4.22. The van der Waals surface area contributed by atoms with Crippen LogP contribution in [0.25, 0.3) is 10.9 Å². The molecule has 2 aromatic rings. The molecule has 0 amide bonds. The predicted octanol–water partition coefficient (Wildman–Crippen LogP) is 1.63. The van der Waals surface area contributed by atoms with Crippen molar-refractivity contribution in [3.05, 3.63) is 36.0 Å². The normalized spacial score (nSPS) is 22.4. The lowest BCUT2D eigenvalue weighted by atomic mass is 10.1. The molecule has 1 unspecified atom stereocenters. The quantitative estimate of drug-likeness (QED) is 0.854. The summed E-state index contributed by atoms with van der Waals surface area (Å²) in [6.45, 7) is 6.96. The Morgan fingerprint density at radius 2 is 1.92 bits per heavy atom. The van der Waals surface area contributed by atoms with Crippen LogP contribution in [-0.2, 0) is 10.0 Å². The molecule has 6 nitrogen and oxygen atoms in total. The van der Waals surface area contributed by atoms with Crippen LogP contribution in [0.3, 0.4) is 0 Å². The van der Waals surface area contributed by atoms with Crippen LogP contribution in [0.4, 0.5) is 0 Å². The van der Waals surface area contributed by atoms with E-state index in [0.717, 1.165) is 43.5 Å². The molecule has 26 heavy (non-hydrogen) atoms. The highest BCUT2D eigenvalue weighted by Gasteiger charge is 2.37. The van der Waals surface area contributed by atoms with Gasteiger partial charge in [0.15, 0.2) is 0 Å². The van der Waals surface area contributed by atoms with E-state index in [1.807, 2.05) is 31.2 Å². The fourth-order valence-electron chi connectivity index (χ4n) is 3.95. The first kappa shape index (κ1) is 19.5. The fraction of sp³-hybridized carbons (Fsp3) is 0.500. The maximum absolute atomic E-state index is 13.4. The van der Waals surface area contributed by atoms with Gasteiger partial charge in [-0.3, -0.25) is 9.88 Å². The third-order valence-electron chi connectivity index (χ3n) is 5.32. The average Bonchev–Trinajstić information content (AvgIpc) is 3.13. The van der Waals surface area contributed by atoms with Gasteiger partial charge >= 0.3 is 0 Å². The van der Waals surface area contributed by atoms with Crippen LogP contribution < -0.4 is 5.32 Å². The largest absolute Gasteiger partial charge is 0.314 e. The summed E-state index contributed by atoms with van der Waals surface area (Å²) >= 11 is 0. The Kier molecular flexibility index (Phi) is 5.84. The van der Waals surface area contributed by atoms with Gasteiger partial charge in [0.1, 0.15) is 4.90 Å². The van der Waals surface area contributed by atoms with E-state index >= 15 is 0 Å². The Hall–Kier alpha value is -1.25. The van der Waals surface area contributed by atoms with Gasteiger partial charge in [0.25, 0.3) is 0 Å². The highest BCUT2D eigenvalue weighted by Crippen LogP contribution is 2.30. The summed E-state index contributed by atoms with van der Waals surface area (Å²) in [5.41, 5.74) is 1.34. The molecular weight excluding hydrogens is 372 g/mol. The molecule has 2 aliphatic heterocycles. The summed E-state index contributed by atoms with van der Waals surface area (Å²) in [7, 11) is -3.54. The highest BCUT2D eigenvalue weighted by molar-refractivity contribution is 7.89. The number of nitrogens with zero attached hydrogens (tertiary/aromatic N) is 3. The number of nitrogens with one attached hydrogen (secondary N) is 1. The number of pyridine rings is 1. The van der Waals surface area contributed by atoms with E-state index in [1.54, 1.807) is 10.5 Å². The van der Waals surface area contributed by atoms with Crippen molar-refractivity contribution >= 4 is 33.3 Å². The predicted molar refractivity (Wildman–Crippen MR) is 105 cm³/mol. The number of aromatic nitrogens is 1. The summed E-state index contributed by atoms with van der Waals surface area (Å²) in [4.78, 5) is 7.15. The fourth-order valence-corrected chi connectivity index (χ4v) is 5.81. The smallest absolute Gasteiger partial charge is 0.245 e. The van der Waals surface area contributed by atoms with Crippen LogP contribution in [-0.4, -0.2) is 67.9 Å². The number of fused-ring (bicyclic) bond motifs is 1. The third kappa shape index (κ3) is 3.46. The topological polar surface area (TPSA) is 65.5 Å². The Balaban J connectivity index is 0.00000196. The molecule has 0 saturated carbocycles. The molecule has 8 heteroatoms. The molecule has 4 rings (SSSR count). The molecule has 142 valence electrons. The lowest BCUT2D eigenvalue weighted by Crippen LogP contribution is -2.49. The molecule has 1 N–H and O–H groups in total. The van der Waals surface area contributed by atoms with Gasteiger partial charge in [-0.25, -0.2) is 8.42 Å². The van der Waals surface area contributed by atoms with Gasteiger partial charge in [-0.15, -0.1) is 12.4 Å². The number of aryl methyl sites for hydroxylation is 1. The van der Waals surface area contributed by atoms with Crippen molar-refractivity contribution in [2.24, 2.45) is 0 Å². The van der Waals surface area contributed by atoms with Crippen molar-refractivity contribution in [3.8, 4) is 0 Å². The molecule has 1 aromatic carbocycles. The van der Waals surface area contributed by atoms with Crippen LogP contribution >= 0.6 is 12.4 Å². The molecule has 2 fully saturated rings. The van der Waals surface area contributed by atoms with Crippen LogP contribution in [0.5, 0.6) is 0 Å². The first-order valence-corrected chi connectivity index (χ1v) is 10.3. The van der Waals surface area contributed by atoms with Gasteiger partial charge in [-0.2, -0.15) is 4.31 Å². The Morgan fingerprint density at radius 3 is 2.69 bits per heavy atom. The van der Waals surface area contributed by atoms with E-state index in [4.69, 9.17) is 0 Å². The van der Waals surface area contributed by atoms with E-state index < -0.39 is 10.0 Å². The zero-order valence-corrected chi connectivity index (χ0v) is 16.5. The van der Waals surface area contributed by atoms with E-state index in [0.29, 0.717) is 29.5 Å². The number of benzene rings is 1. The molecule has 2 aliphatic rings. The minimum Gasteiger partial charge on any atom is -0.314 e. The highest BCUT2D eigenvalue weighted by atomic mass is 35.5. The van der Waals surface area contributed by atoms with Crippen LogP contribution in [0.2, 0.25) is 0 Å². The summed E-state index contributed by atoms with van der Waals surface area (Å²) in [6, 6.07) is 7.88. The lowest BCUT2D eigenvalue weighted by Gasteiger charge is -2.32. The summed E-state index contributed by atoms with van der Waals surface area (Å²) in [5.74, 6) is 0. The van der Waals surface area contributed by atoms with Gasteiger partial charge < -0.3 is 5.32 Å². The third-order valence-corrected chi connectivity index (χ3v) is 7.36. The van der Waals surface area contributed by atoms with Gasteiger partial charge in [-0.05, 0) is 25.0 Å². The molecule has 0 spiro atoms. The summed E-state index contributed by atoms with van der Waals surface area (Å²) in [6.07, 6.45) is 2.56. The zero-order chi connectivity index (χ0) is 17.4. The Morgan fingerprint density at radius 1 is 1.15 bits per heavy atom. The maximum atomic E-state index is 13.4. The molecule has 0 radical (unpaired) electrons. The number of piperazine rings is 1.